The molecule has 0 aromatic heterocycles. The first kappa shape index (κ1) is 17.3. The highest BCUT2D eigenvalue weighted by molar-refractivity contribution is 5.96. The average molecular weight is 319 g/mol. The second-order valence-electron chi connectivity index (χ2n) is 6.08. The van der Waals surface area contributed by atoms with Crippen molar-refractivity contribution in [2.45, 2.75) is 45.7 Å². The quantitative estimate of drug-likeness (QED) is 0.769. The Balaban J connectivity index is 1.97. The summed E-state index contributed by atoms with van der Waals surface area (Å²) in [4.78, 5) is 25.8. The minimum Gasteiger partial charge on any atom is -0.394 e. The van der Waals surface area contributed by atoms with Gasteiger partial charge in [0.15, 0.2) is 0 Å². The minimum absolute atomic E-state index is 0.00718. The van der Waals surface area contributed by atoms with Gasteiger partial charge in [0.25, 0.3) is 0 Å². The van der Waals surface area contributed by atoms with E-state index in [1.54, 1.807) is 4.90 Å². The second-order valence-corrected chi connectivity index (χ2v) is 6.08. The van der Waals surface area contributed by atoms with Crippen LogP contribution >= 0.6 is 0 Å². The molecule has 0 unspecified atom stereocenters. The number of hydrogen-bond donors (Lipinski definition) is 3. The third kappa shape index (κ3) is 4.22. The van der Waals surface area contributed by atoms with Gasteiger partial charge in [-0.15, -0.1) is 0 Å². The van der Waals surface area contributed by atoms with Crippen molar-refractivity contribution in [1.82, 2.24) is 10.6 Å². The van der Waals surface area contributed by atoms with E-state index in [1.807, 2.05) is 39.0 Å². The van der Waals surface area contributed by atoms with Crippen LogP contribution in [-0.4, -0.2) is 42.3 Å². The van der Waals surface area contributed by atoms with Crippen LogP contribution < -0.4 is 15.5 Å². The molecule has 0 spiro atoms. The number of rotatable bonds is 5. The lowest BCUT2D eigenvalue weighted by molar-refractivity contribution is -0.117. The fourth-order valence-electron chi connectivity index (χ4n) is 2.64. The Morgan fingerprint density at radius 2 is 2.13 bits per heavy atom. The van der Waals surface area contributed by atoms with E-state index in [0.717, 1.165) is 11.3 Å². The van der Waals surface area contributed by atoms with Crippen molar-refractivity contribution in [2.24, 2.45) is 0 Å². The first-order chi connectivity index (χ1) is 10.9. The Morgan fingerprint density at radius 3 is 2.74 bits per heavy atom. The van der Waals surface area contributed by atoms with Gasteiger partial charge in [-0.3, -0.25) is 4.79 Å². The van der Waals surface area contributed by atoms with Crippen molar-refractivity contribution in [3.05, 3.63) is 29.3 Å². The van der Waals surface area contributed by atoms with Gasteiger partial charge in [0.05, 0.1) is 18.7 Å². The Morgan fingerprint density at radius 1 is 1.39 bits per heavy atom. The van der Waals surface area contributed by atoms with Crippen molar-refractivity contribution in [1.29, 1.82) is 0 Å². The Hall–Kier alpha value is -2.08. The van der Waals surface area contributed by atoms with E-state index in [4.69, 9.17) is 5.11 Å². The van der Waals surface area contributed by atoms with Crippen LogP contribution in [0.4, 0.5) is 10.5 Å². The lowest BCUT2D eigenvalue weighted by atomic mass is 10.1. The van der Waals surface area contributed by atoms with Crippen LogP contribution in [0, 0.1) is 13.8 Å². The molecule has 1 aliphatic rings. The van der Waals surface area contributed by atoms with Crippen molar-refractivity contribution in [3.8, 4) is 0 Å². The highest BCUT2D eigenvalue weighted by Gasteiger charge is 2.31. The zero-order chi connectivity index (χ0) is 17.0. The summed E-state index contributed by atoms with van der Waals surface area (Å²) in [6.45, 7) is 6.31. The number of anilines is 1. The average Bonchev–Trinajstić information content (AvgIpc) is 2.88. The molecule has 3 N–H and O–H groups in total. The van der Waals surface area contributed by atoms with E-state index < -0.39 is 0 Å². The summed E-state index contributed by atoms with van der Waals surface area (Å²) >= 11 is 0. The summed E-state index contributed by atoms with van der Waals surface area (Å²) in [6.07, 6.45) is 0.943. The highest BCUT2D eigenvalue weighted by Crippen LogP contribution is 2.24. The molecule has 0 saturated carbocycles. The lowest BCUT2D eigenvalue weighted by Crippen LogP contribution is -2.48. The molecule has 1 aromatic carbocycles. The molecule has 0 bridgehead atoms. The summed E-state index contributed by atoms with van der Waals surface area (Å²) in [7, 11) is 0. The molecule has 0 radical (unpaired) electrons. The van der Waals surface area contributed by atoms with Gasteiger partial charge in [0.1, 0.15) is 0 Å². The first-order valence-electron chi connectivity index (χ1n) is 8.00. The topological polar surface area (TPSA) is 81.7 Å². The number of carbonyl (C=O) groups excluding carboxylic acids is 2. The molecule has 1 aliphatic heterocycles. The van der Waals surface area contributed by atoms with Gasteiger partial charge in [0, 0.05) is 18.7 Å². The number of aliphatic hydroxyl groups is 1. The van der Waals surface area contributed by atoms with Crippen LogP contribution in [0.1, 0.15) is 30.9 Å². The van der Waals surface area contributed by atoms with E-state index in [0.29, 0.717) is 13.0 Å². The maximum Gasteiger partial charge on any atom is 0.315 e. The van der Waals surface area contributed by atoms with Gasteiger partial charge < -0.3 is 20.6 Å². The number of carbonyl (C=O) groups is 2. The molecule has 1 aromatic rings. The fourth-order valence-corrected chi connectivity index (χ4v) is 2.64. The van der Waals surface area contributed by atoms with Crippen molar-refractivity contribution in [3.63, 3.8) is 0 Å². The van der Waals surface area contributed by atoms with Gasteiger partial charge in [0.2, 0.25) is 5.91 Å². The second kappa shape index (κ2) is 7.46. The van der Waals surface area contributed by atoms with Crippen LogP contribution in [-0.2, 0) is 4.79 Å². The van der Waals surface area contributed by atoms with Crippen LogP contribution in [0.15, 0.2) is 18.2 Å². The zero-order valence-corrected chi connectivity index (χ0v) is 13.9. The van der Waals surface area contributed by atoms with Gasteiger partial charge in [-0.05, 0) is 43.5 Å². The minimum atomic E-state index is -0.342. The molecule has 6 heteroatoms. The molecule has 6 nitrogen and oxygen atoms in total. The van der Waals surface area contributed by atoms with Crippen molar-refractivity contribution >= 4 is 17.6 Å². The number of benzene rings is 1. The molecule has 2 rings (SSSR count). The third-order valence-electron chi connectivity index (χ3n) is 4.31. The molecule has 3 amide bonds. The van der Waals surface area contributed by atoms with E-state index in [9.17, 15) is 9.59 Å². The SMILES string of the molecule is CC[C@H](CO)NC(=O)N[C@@H]1CC(=O)N(c2ccc(C)c(C)c2)C1. The molecular weight excluding hydrogens is 294 g/mol. The normalized spacial score (nSPS) is 18.9. The molecule has 1 fully saturated rings. The monoisotopic (exact) mass is 319 g/mol. The summed E-state index contributed by atoms with van der Waals surface area (Å²) in [5.41, 5.74) is 3.19. The zero-order valence-electron chi connectivity index (χ0n) is 13.9. The Kier molecular flexibility index (Phi) is 5.60. The largest absolute Gasteiger partial charge is 0.394 e. The maximum absolute atomic E-state index is 12.2. The third-order valence-corrected chi connectivity index (χ3v) is 4.31. The number of amides is 3. The molecular formula is C17H25N3O3. The van der Waals surface area contributed by atoms with Crippen molar-refractivity contribution < 1.29 is 14.7 Å². The van der Waals surface area contributed by atoms with Crippen LogP contribution in [0.5, 0.6) is 0 Å². The highest BCUT2D eigenvalue weighted by atomic mass is 16.3. The Bertz CT molecular complexity index is 584. The lowest BCUT2D eigenvalue weighted by Gasteiger charge is -2.19. The summed E-state index contributed by atoms with van der Waals surface area (Å²) < 4.78 is 0. The van der Waals surface area contributed by atoms with Crippen LogP contribution in [0.2, 0.25) is 0 Å². The number of aliphatic hydroxyl groups excluding tert-OH is 1. The number of nitrogens with zero attached hydrogens (tertiary/aromatic N) is 1. The number of nitrogens with one attached hydrogen (secondary N) is 2. The first-order valence-corrected chi connectivity index (χ1v) is 8.00. The Labute approximate surface area is 136 Å². The summed E-state index contributed by atoms with van der Waals surface area (Å²) in [5, 5.41) is 14.6. The predicted molar refractivity (Wildman–Crippen MR) is 89.5 cm³/mol. The molecule has 0 aliphatic carbocycles. The molecule has 23 heavy (non-hydrogen) atoms. The smallest absolute Gasteiger partial charge is 0.315 e. The van der Waals surface area contributed by atoms with Gasteiger partial charge in [-0.25, -0.2) is 4.79 Å². The van der Waals surface area contributed by atoms with Crippen LogP contribution in [0.25, 0.3) is 0 Å². The molecule has 126 valence electrons. The standard InChI is InChI=1S/C17H25N3O3/c1-4-13(10-21)18-17(23)19-14-8-16(22)20(9-14)15-6-5-11(2)12(3)7-15/h5-7,13-14,21H,4,8-10H2,1-3H3,(H2,18,19,23)/t13-,14-/m1/s1. The van der Waals surface area contributed by atoms with Crippen molar-refractivity contribution in [2.75, 3.05) is 18.1 Å². The maximum atomic E-state index is 12.2. The van der Waals surface area contributed by atoms with E-state index in [2.05, 4.69) is 10.6 Å². The van der Waals surface area contributed by atoms with Gasteiger partial charge in [-0.1, -0.05) is 13.0 Å². The summed E-state index contributed by atoms with van der Waals surface area (Å²) in [6, 6.07) is 5.10. The molecule has 1 saturated heterocycles. The number of urea groups is 1. The van der Waals surface area contributed by atoms with E-state index in [-0.39, 0.29) is 37.0 Å². The van der Waals surface area contributed by atoms with E-state index in [1.165, 1.54) is 5.56 Å². The van der Waals surface area contributed by atoms with Gasteiger partial charge in [-0.2, -0.15) is 0 Å². The molecule has 1 heterocycles. The molecule has 2 atom stereocenters. The number of aryl methyl sites for hydroxylation is 2. The van der Waals surface area contributed by atoms with Crippen LogP contribution in [0.3, 0.4) is 0 Å². The predicted octanol–water partition coefficient (Wildman–Crippen LogP) is 1.48. The fraction of sp³-hybridized carbons (Fsp3) is 0.529. The number of hydrogen-bond acceptors (Lipinski definition) is 3. The van der Waals surface area contributed by atoms with E-state index >= 15 is 0 Å². The summed E-state index contributed by atoms with van der Waals surface area (Å²) in [5.74, 6) is 0.00718. The van der Waals surface area contributed by atoms with Gasteiger partial charge >= 0.3 is 6.03 Å².